The van der Waals surface area contributed by atoms with Gasteiger partial charge in [0.15, 0.2) is 0 Å². The highest BCUT2D eigenvalue weighted by Gasteiger charge is 2.41. The fraction of sp³-hybridized carbons (Fsp3) is 0.340. The molecule has 7 rings (SSSR count). The van der Waals surface area contributed by atoms with Crippen molar-refractivity contribution in [3.63, 3.8) is 0 Å². The van der Waals surface area contributed by atoms with Crippen molar-refractivity contribution < 1.29 is 37.3 Å². The summed E-state index contributed by atoms with van der Waals surface area (Å²) in [5, 5.41) is 13.6. The topological polar surface area (TPSA) is 104 Å². The Balaban J connectivity index is 1.07. The minimum Gasteiger partial charge on any atom is -0.486 e. The van der Waals surface area contributed by atoms with Gasteiger partial charge in [0.05, 0.1) is 22.6 Å². The molecule has 0 unspecified atom stereocenters. The molecule has 0 fully saturated rings. The normalized spacial score (nSPS) is 17.9. The van der Waals surface area contributed by atoms with Crippen LogP contribution in [0.5, 0.6) is 11.5 Å². The number of alkyl halides is 3. The predicted octanol–water partition coefficient (Wildman–Crippen LogP) is 9.87. The van der Waals surface area contributed by atoms with E-state index in [1.54, 1.807) is 36.5 Å². The first-order chi connectivity index (χ1) is 29.0. The van der Waals surface area contributed by atoms with E-state index in [-0.39, 0.29) is 25.5 Å². The molecule has 4 atom stereocenters. The summed E-state index contributed by atoms with van der Waals surface area (Å²) < 4.78 is 55.1. The molecule has 0 aliphatic carbocycles. The largest absolute Gasteiger partial charge is 0.486 e. The van der Waals surface area contributed by atoms with Gasteiger partial charge in [-0.3, -0.25) is 19.6 Å². The number of benzene rings is 4. The van der Waals surface area contributed by atoms with Gasteiger partial charge in [-0.25, -0.2) is 4.79 Å². The molecule has 9 nitrogen and oxygen atoms in total. The Labute approximate surface area is 363 Å². The molecule has 320 valence electrons. The average Bonchev–Trinajstić information content (AvgIpc) is 3.38. The van der Waals surface area contributed by atoms with Crippen LogP contribution in [-0.4, -0.2) is 70.2 Å². The molecule has 0 saturated heterocycles. The number of hydrogen-bond acceptors (Lipinski definition) is 7. The lowest BCUT2D eigenvalue weighted by atomic mass is 9.90. The van der Waals surface area contributed by atoms with Crippen LogP contribution in [0.1, 0.15) is 70.2 Å². The van der Waals surface area contributed by atoms with E-state index in [4.69, 9.17) is 32.7 Å². The lowest BCUT2D eigenvalue weighted by molar-refractivity contribution is -0.158. The Morgan fingerprint density at radius 1 is 0.951 bits per heavy atom. The SMILES string of the molecule is CC[C@@H](Oc1ccc([C@H]2CN(C)Cc3cc4c(cc3O2)CN(CC(F)(F)F)[C@H](C(=O)N[C@@H](Cc2ccc(-c3ccnc(C)c3C)cc2)C(=O)O)C4)cc1)c1ccc(Cl)c(Cl)c1. The maximum Gasteiger partial charge on any atom is 0.401 e. The minimum absolute atomic E-state index is 0.0359. The zero-order valence-electron chi connectivity index (χ0n) is 34.2. The van der Waals surface area contributed by atoms with Crippen molar-refractivity contribution in [2.24, 2.45) is 0 Å². The number of pyridine rings is 1. The number of amides is 1. The van der Waals surface area contributed by atoms with Crippen molar-refractivity contribution in [2.75, 3.05) is 20.1 Å². The van der Waals surface area contributed by atoms with Gasteiger partial charge in [-0.2, -0.15) is 13.2 Å². The number of rotatable bonds is 12. The second kappa shape index (κ2) is 18.5. The monoisotopic (exact) mass is 874 g/mol. The number of nitrogens with one attached hydrogen (secondary N) is 1. The molecule has 2 N–H and O–H groups in total. The first kappa shape index (κ1) is 43.9. The molecule has 1 aromatic heterocycles. The Morgan fingerprint density at radius 3 is 2.36 bits per heavy atom. The Bertz CT molecular complexity index is 2400. The maximum absolute atomic E-state index is 14.1. The van der Waals surface area contributed by atoms with E-state index < -0.39 is 42.8 Å². The summed E-state index contributed by atoms with van der Waals surface area (Å²) in [6, 6.07) is 23.4. The molecule has 0 bridgehead atoms. The second-order valence-corrected chi connectivity index (χ2v) is 16.7. The summed E-state index contributed by atoms with van der Waals surface area (Å²) in [6.07, 6.45) is -2.90. The molecular formula is C47H47Cl2F3N4O5. The van der Waals surface area contributed by atoms with Gasteiger partial charge in [-0.15, -0.1) is 0 Å². The van der Waals surface area contributed by atoms with Crippen molar-refractivity contribution in [2.45, 2.75) is 83.6 Å². The summed E-state index contributed by atoms with van der Waals surface area (Å²) in [5.41, 5.74) is 8.47. The predicted molar refractivity (Wildman–Crippen MR) is 229 cm³/mol. The number of hydrogen-bond donors (Lipinski definition) is 2. The number of carbonyl (C=O) groups is 2. The van der Waals surface area contributed by atoms with Crippen LogP contribution in [0.2, 0.25) is 10.0 Å². The maximum atomic E-state index is 14.1. The highest BCUT2D eigenvalue weighted by molar-refractivity contribution is 6.42. The number of carboxylic acid groups (broad SMARTS) is 1. The molecule has 4 aromatic carbocycles. The van der Waals surface area contributed by atoms with Crippen LogP contribution in [0.3, 0.4) is 0 Å². The Kier molecular flexibility index (Phi) is 13.3. The number of nitrogens with zero attached hydrogens (tertiary/aromatic N) is 3. The lowest BCUT2D eigenvalue weighted by Gasteiger charge is -2.37. The molecule has 5 aromatic rings. The molecular weight excluding hydrogens is 828 g/mol. The van der Waals surface area contributed by atoms with E-state index in [1.165, 1.54) is 0 Å². The summed E-state index contributed by atoms with van der Waals surface area (Å²) >= 11 is 12.4. The van der Waals surface area contributed by atoms with Gasteiger partial charge in [0.1, 0.15) is 29.7 Å². The molecule has 14 heteroatoms. The van der Waals surface area contributed by atoms with Crippen LogP contribution >= 0.6 is 23.2 Å². The van der Waals surface area contributed by atoms with Gasteiger partial charge in [0, 0.05) is 43.5 Å². The molecule has 3 heterocycles. The molecule has 0 spiro atoms. The third-order valence-electron chi connectivity index (χ3n) is 11.5. The fourth-order valence-corrected chi connectivity index (χ4v) is 8.42. The highest BCUT2D eigenvalue weighted by Crippen LogP contribution is 2.38. The van der Waals surface area contributed by atoms with Gasteiger partial charge in [-0.05, 0) is 115 Å². The number of likely N-dealkylation sites (N-methyl/N-ethyl adjacent to an activating group) is 1. The number of ether oxygens (including phenoxy) is 2. The van der Waals surface area contributed by atoms with Gasteiger partial charge >= 0.3 is 12.1 Å². The smallest absolute Gasteiger partial charge is 0.401 e. The van der Waals surface area contributed by atoms with E-state index in [9.17, 15) is 27.9 Å². The molecule has 1 amide bonds. The highest BCUT2D eigenvalue weighted by atomic mass is 35.5. The number of aryl methyl sites for hydroxylation is 1. The van der Waals surface area contributed by atoms with Gasteiger partial charge < -0.3 is 19.9 Å². The van der Waals surface area contributed by atoms with Crippen LogP contribution in [-0.2, 0) is 35.5 Å². The second-order valence-electron chi connectivity index (χ2n) is 15.9. The summed E-state index contributed by atoms with van der Waals surface area (Å²) in [6.45, 7) is 5.44. The number of halogens is 5. The Hall–Kier alpha value is -5.14. The van der Waals surface area contributed by atoms with E-state index >= 15 is 0 Å². The van der Waals surface area contributed by atoms with Crippen molar-refractivity contribution in [3.05, 3.63) is 146 Å². The van der Waals surface area contributed by atoms with Crippen LogP contribution in [0.4, 0.5) is 13.2 Å². The average molecular weight is 876 g/mol. The standard InChI is InChI=1S/C47H47Cl2F3N4O5/c1-5-42(32-12-15-38(48)39(49)20-32)60-36-13-10-31(11-14-36)44-25-55(4)23-35-19-33-21-41(56(26-47(50,51)52)24-34(33)22-43(35)61-44)45(57)54-40(46(58)59)18-29-6-8-30(9-7-29)37-16-17-53-28(3)27(37)2/h6-17,19-20,22,40-42,44H,5,18,21,23-26H2,1-4H3,(H,54,57)(H,58,59)/t40-,41-,42+,44+/m0/s1. The zero-order chi connectivity index (χ0) is 43.6. The van der Waals surface area contributed by atoms with Crippen LogP contribution in [0.25, 0.3) is 11.1 Å². The van der Waals surface area contributed by atoms with Gasteiger partial charge in [-0.1, -0.05) is 78.7 Å². The number of fused-ring (bicyclic) bond motifs is 2. The molecule has 61 heavy (non-hydrogen) atoms. The third-order valence-corrected chi connectivity index (χ3v) is 12.2. The van der Waals surface area contributed by atoms with Crippen LogP contribution in [0, 0.1) is 13.8 Å². The van der Waals surface area contributed by atoms with E-state index in [2.05, 4.69) is 15.2 Å². The van der Waals surface area contributed by atoms with Crippen molar-refractivity contribution in [1.29, 1.82) is 0 Å². The molecule has 0 saturated carbocycles. The fourth-order valence-electron chi connectivity index (χ4n) is 8.11. The number of carboxylic acids is 1. The quantitative estimate of drug-likeness (QED) is 0.128. The molecule has 2 aliphatic rings. The van der Waals surface area contributed by atoms with E-state index in [0.717, 1.165) is 44.0 Å². The lowest BCUT2D eigenvalue weighted by Crippen LogP contribution is -2.56. The van der Waals surface area contributed by atoms with E-state index in [1.807, 2.05) is 82.4 Å². The summed E-state index contributed by atoms with van der Waals surface area (Å²) in [4.78, 5) is 33.8. The van der Waals surface area contributed by atoms with Gasteiger partial charge in [0.25, 0.3) is 0 Å². The molecule has 2 aliphatic heterocycles. The number of aromatic nitrogens is 1. The zero-order valence-corrected chi connectivity index (χ0v) is 35.7. The van der Waals surface area contributed by atoms with Crippen molar-refractivity contribution >= 4 is 35.1 Å². The first-order valence-corrected chi connectivity index (χ1v) is 20.9. The van der Waals surface area contributed by atoms with Crippen molar-refractivity contribution in [3.8, 4) is 22.6 Å². The minimum atomic E-state index is -4.61. The van der Waals surface area contributed by atoms with Crippen molar-refractivity contribution in [1.82, 2.24) is 20.1 Å². The third kappa shape index (κ3) is 10.5. The van der Waals surface area contributed by atoms with Crippen LogP contribution in [0.15, 0.2) is 91.1 Å². The Morgan fingerprint density at radius 2 is 1.69 bits per heavy atom. The number of aliphatic carboxylic acids is 1. The summed E-state index contributed by atoms with van der Waals surface area (Å²) in [7, 11) is 1.97. The van der Waals surface area contributed by atoms with Gasteiger partial charge in [0.2, 0.25) is 5.91 Å². The van der Waals surface area contributed by atoms with E-state index in [0.29, 0.717) is 57.7 Å². The number of carbonyl (C=O) groups excluding carboxylic acids is 1. The molecule has 0 radical (unpaired) electrons. The van der Waals surface area contributed by atoms with Crippen LogP contribution < -0.4 is 14.8 Å². The first-order valence-electron chi connectivity index (χ1n) is 20.1. The summed E-state index contributed by atoms with van der Waals surface area (Å²) in [5.74, 6) is -0.843.